The topological polar surface area (TPSA) is 64.8 Å². The summed E-state index contributed by atoms with van der Waals surface area (Å²) in [6.45, 7) is 8.74. The minimum Gasteiger partial charge on any atom is -0.468 e. The van der Waals surface area contributed by atoms with E-state index >= 15 is 0 Å². The Balaban J connectivity index is 2.31. The molecule has 1 aliphatic heterocycles. The van der Waals surface area contributed by atoms with Gasteiger partial charge in [-0.2, -0.15) is 0 Å². The van der Waals surface area contributed by atoms with E-state index in [9.17, 15) is 4.79 Å². The minimum atomic E-state index is -0.877. The SMILES string of the molecule is COC(=O)C(C)(N)CCCN1CC(C)OC(C)C1. The van der Waals surface area contributed by atoms with Crippen LogP contribution in [0.15, 0.2) is 0 Å². The fourth-order valence-corrected chi connectivity index (χ4v) is 2.47. The number of esters is 1. The molecule has 0 aromatic carbocycles. The number of morpholine rings is 1. The number of methoxy groups -OCH3 is 1. The first kappa shape index (κ1) is 15.4. The van der Waals surface area contributed by atoms with Gasteiger partial charge in [-0.15, -0.1) is 0 Å². The molecular formula is C13H26N2O3. The summed E-state index contributed by atoms with van der Waals surface area (Å²) in [7, 11) is 1.37. The molecule has 0 radical (unpaired) electrons. The number of nitrogens with two attached hydrogens (primary N) is 1. The Morgan fingerprint density at radius 2 is 2.00 bits per heavy atom. The van der Waals surface area contributed by atoms with Gasteiger partial charge in [-0.25, -0.2) is 0 Å². The zero-order valence-electron chi connectivity index (χ0n) is 11.9. The summed E-state index contributed by atoms with van der Waals surface area (Å²) in [5.41, 5.74) is 5.05. The van der Waals surface area contributed by atoms with Crippen molar-refractivity contribution in [1.29, 1.82) is 0 Å². The second-order valence-corrected chi connectivity index (χ2v) is 5.53. The molecule has 0 bridgehead atoms. The largest absolute Gasteiger partial charge is 0.468 e. The third-order valence-electron chi connectivity index (χ3n) is 3.32. The van der Waals surface area contributed by atoms with Gasteiger partial charge in [-0.1, -0.05) is 0 Å². The molecule has 18 heavy (non-hydrogen) atoms. The van der Waals surface area contributed by atoms with Crippen LogP contribution in [-0.4, -0.2) is 55.4 Å². The van der Waals surface area contributed by atoms with Gasteiger partial charge >= 0.3 is 5.97 Å². The summed E-state index contributed by atoms with van der Waals surface area (Å²) in [5, 5.41) is 0. The van der Waals surface area contributed by atoms with Crippen molar-refractivity contribution in [3.8, 4) is 0 Å². The molecule has 1 fully saturated rings. The predicted molar refractivity (Wildman–Crippen MR) is 70.3 cm³/mol. The zero-order valence-corrected chi connectivity index (χ0v) is 11.9. The summed E-state index contributed by atoms with van der Waals surface area (Å²) < 4.78 is 10.4. The first-order chi connectivity index (χ1) is 8.35. The molecular weight excluding hydrogens is 232 g/mol. The van der Waals surface area contributed by atoms with Gasteiger partial charge in [0.05, 0.1) is 19.3 Å². The molecule has 5 heteroatoms. The van der Waals surface area contributed by atoms with E-state index in [1.807, 2.05) is 0 Å². The van der Waals surface area contributed by atoms with Crippen LogP contribution in [0.2, 0.25) is 0 Å². The van der Waals surface area contributed by atoms with Gasteiger partial charge in [0, 0.05) is 13.1 Å². The number of carbonyl (C=O) groups excluding carboxylic acids is 1. The lowest BCUT2D eigenvalue weighted by molar-refractivity contribution is -0.146. The highest BCUT2D eigenvalue weighted by atomic mass is 16.5. The Labute approximate surface area is 110 Å². The van der Waals surface area contributed by atoms with E-state index in [0.29, 0.717) is 6.42 Å². The van der Waals surface area contributed by atoms with E-state index in [1.165, 1.54) is 7.11 Å². The molecule has 0 aromatic heterocycles. The van der Waals surface area contributed by atoms with Crippen LogP contribution in [-0.2, 0) is 14.3 Å². The van der Waals surface area contributed by atoms with Crippen molar-refractivity contribution in [1.82, 2.24) is 4.90 Å². The van der Waals surface area contributed by atoms with Crippen LogP contribution >= 0.6 is 0 Å². The van der Waals surface area contributed by atoms with Crippen LogP contribution in [0, 0.1) is 0 Å². The Bertz CT molecular complexity index is 271. The number of hydrogen-bond donors (Lipinski definition) is 1. The van der Waals surface area contributed by atoms with Gasteiger partial charge in [-0.05, 0) is 40.2 Å². The van der Waals surface area contributed by atoms with Crippen LogP contribution in [0.5, 0.6) is 0 Å². The molecule has 2 N–H and O–H groups in total. The van der Waals surface area contributed by atoms with Gasteiger partial charge in [0.25, 0.3) is 0 Å². The fourth-order valence-electron chi connectivity index (χ4n) is 2.47. The molecule has 1 aliphatic rings. The van der Waals surface area contributed by atoms with E-state index in [0.717, 1.165) is 26.1 Å². The van der Waals surface area contributed by atoms with Crippen LogP contribution in [0.25, 0.3) is 0 Å². The molecule has 5 nitrogen and oxygen atoms in total. The smallest absolute Gasteiger partial charge is 0.325 e. The normalized spacial score (nSPS) is 28.7. The highest BCUT2D eigenvalue weighted by Crippen LogP contribution is 2.14. The summed E-state index contributed by atoms with van der Waals surface area (Å²) in [6, 6.07) is 0. The Morgan fingerprint density at radius 1 is 1.44 bits per heavy atom. The third kappa shape index (κ3) is 4.55. The Kier molecular flexibility index (Phi) is 5.56. The molecule has 1 heterocycles. The van der Waals surface area contributed by atoms with Crippen molar-refractivity contribution in [3.05, 3.63) is 0 Å². The summed E-state index contributed by atoms with van der Waals surface area (Å²) in [4.78, 5) is 13.8. The van der Waals surface area contributed by atoms with Gasteiger partial charge in [-0.3, -0.25) is 9.69 Å². The van der Waals surface area contributed by atoms with Crippen LogP contribution in [0.4, 0.5) is 0 Å². The Morgan fingerprint density at radius 3 is 2.50 bits per heavy atom. The monoisotopic (exact) mass is 258 g/mol. The number of hydrogen-bond acceptors (Lipinski definition) is 5. The first-order valence-corrected chi connectivity index (χ1v) is 6.60. The van der Waals surface area contributed by atoms with Crippen molar-refractivity contribution in [2.24, 2.45) is 5.73 Å². The maximum atomic E-state index is 11.4. The number of carbonyl (C=O) groups is 1. The maximum Gasteiger partial charge on any atom is 0.325 e. The van der Waals surface area contributed by atoms with Gasteiger partial charge in [0.1, 0.15) is 5.54 Å². The van der Waals surface area contributed by atoms with Gasteiger partial charge in [0.15, 0.2) is 0 Å². The lowest BCUT2D eigenvalue weighted by Gasteiger charge is -2.35. The highest BCUT2D eigenvalue weighted by molar-refractivity contribution is 5.79. The number of ether oxygens (including phenoxy) is 2. The second kappa shape index (κ2) is 6.50. The van der Waals surface area contributed by atoms with E-state index in [4.69, 9.17) is 15.2 Å². The Hall–Kier alpha value is -0.650. The lowest BCUT2D eigenvalue weighted by atomic mass is 9.97. The first-order valence-electron chi connectivity index (χ1n) is 6.60. The van der Waals surface area contributed by atoms with Crippen molar-refractivity contribution in [2.75, 3.05) is 26.7 Å². The molecule has 0 amide bonds. The quantitative estimate of drug-likeness (QED) is 0.738. The van der Waals surface area contributed by atoms with E-state index in [1.54, 1.807) is 6.92 Å². The molecule has 3 atom stereocenters. The lowest BCUT2D eigenvalue weighted by Crippen LogP contribution is -2.48. The van der Waals surface area contributed by atoms with Gasteiger partial charge in [0.2, 0.25) is 0 Å². The van der Waals surface area contributed by atoms with Crippen molar-refractivity contribution in [3.63, 3.8) is 0 Å². The highest BCUT2D eigenvalue weighted by Gasteiger charge is 2.29. The van der Waals surface area contributed by atoms with Gasteiger partial charge < -0.3 is 15.2 Å². The van der Waals surface area contributed by atoms with Crippen molar-refractivity contribution >= 4 is 5.97 Å². The van der Waals surface area contributed by atoms with E-state index in [2.05, 4.69) is 18.7 Å². The molecule has 1 saturated heterocycles. The molecule has 0 saturated carbocycles. The van der Waals surface area contributed by atoms with Crippen molar-refractivity contribution in [2.45, 2.75) is 51.4 Å². The molecule has 0 spiro atoms. The van der Waals surface area contributed by atoms with Crippen LogP contribution in [0.3, 0.4) is 0 Å². The average Bonchev–Trinajstić information content (AvgIpc) is 2.26. The summed E-state index contributed by atoms with van der Waals surface area (Å²) >= 11 is 0. The molecule has 106 valence electrons. The molecule has 1 rings (SSSR count). The maximum absolute atomic E-state index is 11.4. The predicted octanol–water partition coefficient (Wildman–Crippen LogP) is 0.766. The third-order valence-corrected chi connectivity index (χ3v) is 3.32. The molecule has 0 aliphatic carbocycles. The molecule has 0 aromatic rings. The molecule has 3 unspecified atom stereocenters. The van der Waals surface area contributed by atoms with Crippen LogP contribution in [0.1, 0.15) is 33.6 Å². The summed E-state index contributed by atoms with van der Waals surface area (Å²) in [5.74, 6) is -0.341. The fraction of sp³-hybridized carbons (Fsp3) is 0.923. The van der Waals surface area contributed by atoms with E-state index in [-0.39, 0.29) is 18.2 Å². The summed E-state index contributed by atoms with van der Waals surface area (Å²) in [6.07, 6.45) is 2.08. The second-order valence-electron chi connectivity index (χ2n) is 5.53. The standard InChI is InChI=1S/C13H26N2O3/c1-10-8-15(9-11(2)18-10)7-5-6-13(3,14)12(16)17-4/h10-11H,5-9,14H2,1-4H3. The van der Waals surface area contributed by atoms with Crippen LogP contribution < -0.4 is 5.73 Å². The van der Waals surface area contributed by atoms with E-state index < -0.39 is 5.54 Å². The number of rotatable bonds is 5. The average molecular weight is 258 g/mol. The minimum absolute atomic E-state index is 0.276. The zero-order chi connectivity index (χ0) is 13.8. The number of nitrogens with zero attached hydrogens (tertiary/aromatic N) is 1. The van der Waals surface area contributed by atoms with Crippen molar-refractivity contribution < 1.29 is 14.3 Å².